The topological polar surface area (TPSA) is 37.8 Å². The fourth-order valence-corrected chi connectivity index (χ4v) is 3.38. The maximum atomic E-state index is 4.46. The number of aromatic nitrogens is 2. The van der Waals surface area contributed by atoms with Crippen LogP contribution in [-0.2, 0) is 6.42 Å². The Morgan fingerprint density at radius 3 is 3.00 bits per heavy atom. The van der Waals surface area contributed by atoms with Gasteiger partial charge >= 0.3 is 0 Å². The molecule has 0 fully saturated rings. The first-order chi connectivity index (χ1) is 8.83. The van der Waals surface area contributed by atoms with Gasteiger partial charge in [0.2, 0.25) is 0 Å². The minimum Gasteiger partial charge on any atom is -0.375 e. The zero-order chi connectivity index (χ0) is 12.4. The lowest BCUT2D eigenvalue weighted by atomic mass is 10.2. The third-order valence-corrected chi connectivity index (χ3v) is 4.54. The number of benzene rings is 1. The van der Waals surface area contributed by atoms with Crippen molar-refractivity contribution in [3.05, 3.63) is 40.3 Å². The second-order valence-electron chi connectivity index (χ2n) is 4.09. The highest BCUT2D eigenvalue weighted by Gasteiger charge is 2.04. The zero-order valence-corrected chi connectivity index (χ0v) is 11.6. The number of fused-ring (bicyclic) bond motifs is 1. The van der Waals surface area contributed by atoms with Gasteiger partial charge in [-0.25, -0.2) is 4.98 Å². The number of nitrogens with one attached hydrogen (secondary N) is 1. The molecule has 0 amide bonds. The SMILES string of the molecule is Cc1csc(CCNc2snc3ccccc23)n1. The summed E-state index contributed by atoms with van der Waals surface area (Å²) in [6.45, 7) is 2.93. The summed E-state index contributed by atoms with van der Waals surface area (Å²) in [5, 5.41) is 9.09. The van der Waals surface area contributed by atoms with Crippen LogP contribution in [-0.4, -0.2) is 15.9 Å². The summed E-state index contributed by atoms with van der Waals surface area (Å²) in [5.74, 6) is 0. The van der Waals surface area contributed by atoms with Crippen molar-refractivity contribution in [3.8, 4) is 0 Å². The van der Waals surface area contributed by atoms with E-state index >= 15 is 0 Å². The van der Waals surface area contributed by atoms with Gasteiger partial charge in [0.05, 0.1) is 10.5 Å². The van der Waals surface area contributed by atoms with E-state index < -0.39 is 0 Å². The molecule has 3 aromatic rings. The molecule has 92 valence electrons. The zero-order valence-electron chi connectivity index (χ0n) is 10.0. The smallest absolute Gasteiger partial charge is 0.117 e. The molecular formula is C13H13N3S2. The summed E-state index contributed by atoms with van der Waals surface area (Å²) < 4.78 is 4.41. The van der Waals surface area contributed by atoms with Crippen molar-refractivity contribution in [2.24, 2.45) is 0 Å². The second-order valence-corrected chi connectivity index (χ2v) is 5.80. The van der Waals surface area contributed by atoms with Gasteiger partial charge in [-0.15, -0.1) is 11.3 Å². The largest absolute Gasteiger partial charge is 0.375 e. The normalized spacial score (nSPS) is 10.9. The number of hydrogen-bond donors (Lipinski definition) is 1. The molecule has 2 aromatic heterocycles. The van der Waals surface area contributed by atoms with E-state index in [4.69, 9.17) is 0 Å². The van der Waals surface area contributed by atoms with Crippen LogP contribution in [0.25, 0.3) is 10.9 Å². The van der Waals surface area contributed by atoms with Crippen molar-refractivity contribution in [3.63, 3.8) is 0 Å². The first-order valence-corrected chi connectivity index (χ1v) is 7.47. The highest BCUT2D eigenvalue weighted by molar-refractivity contribution is 7.11. The van der Waals surface area contributed by atoms with Gasteiger partial charge < -0.3 is 5.32 Å². The Morgan fingerprint density at radius 1 is 1.28 bits per heavy atom. The van der Waals surface area contributed by atoms with Crippen LogP contribution < -0.4 is 5.32 Å². The lowest BCUT2D eigenvalue weighted by Crippen LogP contribution is -2.03. The second kappa shape index (κ2) is 5.04. The van der Waals surface area contributed by atoms with Crippen molar-refractivity contribution in [1.82, 2.24) is 9.36 Å². The maximum Gasteiger partial charge on any atom is 0.117 e. The van der Waals surface area contributed by atoms with E-state index in [1.807, 2.05) is 25.1 Å². The van der Waals surface area contributed by atoms with Crippen molar-refractivity contribution in [1.29, 1.82) is 0 Å². The highest BCUT2D eigenvalue weighted by atomic mass is 32.1. The van der Waals surface area contributed by atoms with Gasteiger partial charge in [0.25, 0.3) is 0 Å². The first kappa shape index (κ1) is 11.6. The number of nitrogens with zero attached hydrogens (tertiary/aromatic N) is 2. The van der Waals surface area contributed by atoms with Gasteiger partial charge in [0, 0.05) is 29.4 Å². The first-order valence-electron chi connectivity index (χ1n) is 5.82. The van der Waals surface area contributed by atoms with E-state index in [0.717, 1.165) is 29.2 Å². The number of anilines is 1. The molecule has 0 spiro atoms. The van der Waals surface area contributed by atoms with Crippen LogP contribution >= 0.6 is 22.9 Å². The van der Waals surface area contributed by atoms with Crippen LogP contribution in [0.4, 0.5) is 5.00 Å². The molecule has 0 radical (unpaired) electrons. The van der Waals surface area contributed by atoms with Crippen LogP contribution in [0.3, 0.4) is 0 Å². The Hall–Kier alpha value is -1.46. The molecule has 0 aliphatic heterocycles. The Kier molecular flexibility index (Phi) is 3.25. The monoisotopic (exact) mass is 275 g/mol. The van der Waals surface area contributed by atoms with E-state index in [9.17, 15) is 0 Å². The summed E-state index contributed by atoms with van der Waals surface area (Å²) in [7, 11) is 0. The Labute approximate surface area is 114 Å². The Bertz CT molecular complexity index is 657. The molecule has 18 heavy (non-hydrogen) atoms. The summed E-state index contributed by atoms with van der Waals surface area (Å²) in [4.78, 5) is 4.46. The van der Waals surface area contributed by atoms with Gasteiger partial charge in [-0.05, 0) is 30.6 Å². The van der Waals surface area contributed by atoms with E-state index in [1.54, 1.807) is 11.3 Å². The molecule has 0 aliphatic carbocycles. The molecule has 1 aromatic carbocycles. The number of hydrogen-bond acceptors (Lipinski definition) is 5. The van der Waals surface area contributed by atoms with Crippen LogP contribution in [0.15, 0.2) is 29.6 Å². The van der Waals surface area contributed by atoms with E-state index in [-0.39, 0.29) is 0 Å². The van der Waals surface area contributed by atoms with Crippen molar-refractivity contribution in [2.75, 3.05) is 11.9 Å². The third kappa shape index (κ3) is 2.37. The molecule has 3 nitrogen and oxygen atoms in total. The van der Waals surface area contributed by atoms with Crippen molar-refractivity contribution >= 4 is 38.8 Å². The minimum atomic E-state index is 0.902. The minimum absolute atomic E-state index is 0.902. The molecule has 0 saturated heterocycles. The summed E-state index contributed by atoms with van der Waals surface area (Å²) in [6.07, 6.45) is 0.963. The average molecular weight is 275 g/mol. The molecule has 5 heteroatoms. The van der Waals surface area contributed by atoms with Gasteiger partial charge in [-0.3, -0.25) is 0 Å². The molecule has 2 heterocycles. The molecule has 0 aliphatic rings. The molecule has 0 unspecified atom stereocenters. The third-order valence-electron chi connectivity index (χ3n) is 2.67. The molecule has 1 N–H and O–H groups in total. The number of thiazole rings is 1. The molecular weight excluding hydrogens is 262 g/mol. The van der Waals surface area contributed by atoms with E-state index in [1.165, 1.54) is 21.9 Å². The lowest BCUT2D eigenvalue weighted by Gasteiger charge is -2.01. The van der Waals surface area contributed by atoms with Gasteiger partial charge in [0.1, 0.15) is 5.00 Å². The van der Waals surface area contributed by atoms with Gasteiger partial charge in [-0.2, -0.15) is 4.37 Å². The molecule has 0 bridgehead atoms. The Morgan fingerprint density at radius 2 is 2.17 bits per heavy atom. The predicted octanol–water partition coefficient (Wildman–Crippen LogP) is 3.72. The Balaban J connectivity index is 1.66. The fourth-order valence-electron chi connectivity index (χ4n) is 1.82. The van der Waals surface area contributed by atoms with Crippen LogP contribution in [0.5, 0.6) is 0 Å². The summed E-state index contributed by atoms with van der Waals surface area (Å²) in [5.41, 5.74) is 2.17. The molecule has 3 rings (SSSR count). The van der Waals surface area contributed by atoms with Crippen molar-refractivity contribution in [2.45, 2.75) is 13.3 Å². The molecule has 0 saturated carbocycles. The summed E-state index contributed by atoms with van der Waals surface area (Å²) in [6, 6.07) is 8.21. The van der Waals surface area contributed by atoms with Crippen molar-refractivity contribution < 1.29 is 0 Å². The number of rotatable bonds is 4. The van der Waals surface area contributed by atoms with Crippen LogP contribution in [0.1, 0.15) is 10.7 Å². The standard InChI is InChI=1S/C13H13N3S2/c1-9-8-17-12(15-9)6-7-14-13-10-4-2-3-5-11(10)16-18-13/h2-5,8,14H,6-7H2,1H3. The van der Waals surface area contributed by atoms with E-state index in [0.29, 0.717) is 0 Å². The van der Waals surface area contributed by atoms with Gasteiger partial charge in [-0.1, -0.05) is 12.1 Å². The quantitative estimate of drug-likeness (QED) is 0.788. The van der Waals surface area contributed by atoms with E-state index in [2.05, 4.69) is 26.1 Å². The average Bonchev–Trinajstić information content (AvgIpc) is 2.97. The predicted molar refractivity (Wildman–Crippen MR) is 78.7 cm³/mol. The lowest BCUT2D eigenvalue weighted by molar-refractivity contribution is 0.991. The maximum absolute atomic E-state index is 4.46. The van der Waals surface area contributed by atoms with Crippen LogP contribution in [0.2, 0.25) is 0 Å². The number of aryl methyl sites for hydroxylation is 1. The molecule has 0 atom stereocenters. The van der Waals surface area contributed by atoms with Crippen LogP contribution in [0, 0.1) is 6.92 Å². The van der Waals surface area contributed by atoms with Gasteiger partial charge in [0.15, 0.2) is 0 Å². The summed E-state index contributed by atoms with van der Waals surface area (Å²) >= 11 is 3.25. The highest BCUT2D eigenvalue weighted by Crippen LogP contribution is 2.27. The fraction of sp³-hybridized carbons (Fsp3) is 0.231.